The molecule has 0 radical (unpaired) electrons. The second-order valence-electron chi connectivity index (χ2n) is 14.2. The lowest BCUT2D eigenvalue weighted by Gasteiger charge is -2.28. The topological polar surface area (TPSA) is 13.1 Å². The van der Waals surface area contributed by atoms with Crippen LogP contribution in [0.5, 0.6) is 0 Å². The standard InChI is InChI=1S/C40H32B8O/c41-33-29-26(19-15-14-18-13-12-17-6-1-2-7-20(17)23(18)16-19)30-32(36(44)40(48)38(46)34(30)42)28(31(29)35(43)39(47)37(33)45)22-9-5-11-25-27(22)21-8-3-4-10-24(21)49-25/h1-16H,41-48H2. The Balaban J connectivity index is 1.59. The van der Waals surface area contributed by atoms with E-state index in [1.807, 2.05) is 0 Å². The minimum absolute atomic E-state index is 0.929. The number of para-hydroxylation sites is 1. The van der Waals surface area contributed by atoms with Gasteiger partial charge in [0.1, 0.15) is 73.9 Å². The summed E-state index contributed by atoms with van der Waals surface area (Å²) in [6.45, 7) is 0. The highest BCUT2D eigenvalue weighted by Crippen LogP contribution is 2.45. The number of fused-ring (bicyclic) bond motifs is 8. The zero-order valence-electron chi connectivity index (χ0n) is 29.6. The van der Waals surface area contributed by atoms with E-state index in [4.69, 9.17) is 4.42 Å². The summed E-state index contributed by atoms with van der Waals surface area (Å²) in [5, 5.41) is 12.9. The van der Waals surface area contributed by atoms with E-state index in [1.54, 1.807) is 0 Å². The normalized spacial score (nSPS) is 11.9. The number of hydrogen-bond donors (Lipinski definition) is 0. The summed E-state index contributed by atoms with van der Waals surface area (Å²) in [5.41, 5.74) is 17.9. The lowest BCUT2D eigenvalue weighted by molar-refractivity contribution is 0.669. The van der Waals surface area contributed by atoms with Crippen LogP contribution in [0.15, 0.2) is 101 Å². The van der Waals surface area contributed by atoms with Crippen LogP contribution < -0.4 is 43.7 Å². The van der Waals surface area contributed by atoms with Crippen LogP contribution in [0.1, 0.15) is 0 Å². The molecule has 0 amide bonds. The Morgan fingerprint density at radius 2 is 0.837 bits per heavy atom. The molecule has 0 spiro atoms. The second kappa shape index (κ2) is 10.8. The van der Waals surface area contributed by atoms with E-state index in [-0.39, 0.29) is 0 Å². The highest BCUT2D eigenvalue weighted by atomic mass is 16.3. The maximum absolute atomic E-state index is 6.50. The first kappa shape index (κ1) is 30.2. The van der Waals surface area contributed by atoms with Crippen molar-refractivity contribution >= 4 is 172 Å². The van der Waals surface area contributed by atoms with E-state index < -0.39 is 0 Å². The molecule has 1 nitrogen and oxygen atoms in total. The Hall–Kier alpha value is -4.88. The lowest BCUT2D eigenvalue weighted by Crippen LogP contribution is -2.50. The molecule has 9 aromatic rings. The smallest absolute Gasteiger partial charge is 0.139 e. The summed E-state index contributed by atoms with van der Waals surface area (Å²) in [6, 6.07) is 35.6. The van der Waals surface area contributed by atoms with Gasteiger partial charge < -0.3 is 4.42 Å². The van der Waals surface area contributed by atoms with Crippen molar-refractivity contribution in [1.29, 1.82) is 0 Å². The van der Waals surface area contributed by atoms with E-state index in [2.05, 4.69) is 160 Å². The zero-order valence-corrected chi connectivity index (χ0v) is 29.6. The Bertz CT molecular complexity index is 2850. The Labute approximate surface area is 294 Å². The summed E-state index contributed by atoms with van der Waals surface area (Å²) in [7, 11) is 18.6. The number of benzene rings is 8. The van der Waals surface area contributed by atoms with Gasteiger partial charge in [-0.1, -0.05) is 101 Å². The quantitative estimate of drug-likeness (QED) is 0.120. The SMILES string of the molecule is Bc1c(B)c(B)c2c(-c3cccc4oc5ccccc5c34)c3c(B)c(B)c(B)c(B)c3c(-c3ccc4ccc5ccccc5c4c3)c2c1B. The van der Waals surface area contributed by atoms with Crippen molar-refractivity contribution in [3.05, 3.63) is 97.1 Å². The van der Waals surface area contributed by atoms with Crippen molar-refractivity contribution in [2.75, 3.05) is 0 Å². The van der Waals surface area contributed by atoms with Crippen molar-refractivity contribution < 1.29 is 4.42 Å². The van der Waals surface area contributed by atoms with Gasteiger partial charge in [0.2, 0.25) is 0 Å². The van der Waals surface area contributed by atoms with Crippen LogP contribution in [-0.2, 0) is 0 Å². The molecule has 0 unspecified atom stereocenters. The predicted molar refractivity (Wildman–Crippen MR) is 240 cm³/mol. The van der Waals surface area contributed by atoms with Crippen LogP contribution >= 0.6 is 0 Å². The Kier molecular flexibility index (Phi) is 6.66. The second-order valence-corrected chi connectivity index (χ2v) is 14.2. The molecule has 9 rings (SSSR count). The summed E-state index contributed by atoms with van der Waals surface area (Å²) in [6.07, 6.45) is 0. The molecule has 0 N–H and O–H groups in total. The fourth-order valence-corrected chi connectivity index (χ4v) is 8.82. The number of rotatable bonds is 2. The zero-order chi connectivity index (χ0) is 33.9. The molecule has 0 saturated heterocycles. The molecule has 0 aliphatic heterocycles. The van der Waals surface area contributed by atoms with Gasteiger partial charge in [-0.15, -0.1) is 21.9 Å². The molecule has 0 atom stereocenters. The van der Waals surface area contributed by atoms with Gasteiger partial charge in [-0.3, -0.25) is 0 Å². The van der Waals surface area contributed by atoms with E-state index in [1.165, 1.54) is 114 Å². The summed E-state index contributed by atoms with van der Waals surface area (Å²) in [4.78, 5) is 0. The van der Waals surface area contributed by atoms with Crippen molar-refractivity contribution in [3.63, 3.8) is 0 Å². The third-order valence-electron chi connectivity index (χ3n) is 12.1. The highest BCUT2D eigenvalue weighted by Gasteiger charge is 2.26. The van der Waals surface area contributed by atoms with Gasteiger partial charge in [0.15, 0.2) is 0 Å². The minimum atomic E-state index is 0.929. The van der Waals surface area contributed by atoms with E-state index in [0.29, 0.717) is 0 Å². The van der Waals surface area contributed by atoms with Gasteiger partial charge in [0.25, 0.3) is 0 Å². The van der Waals surface area contributed by atoms with Crippen LogP contribution in [0.25, 0.3) is 87.3 Å². The first-order valence-electron chi connectivity index (χ1n) is 17.5. The van der Waals surface area contributed by atoms with Crippen molar-refractivity contribution in [2.24, 2.45) is 0 Å². The third-order valence-corrected chi connectivity index (χ3v) is 12.1. The highest BCUT2D eigenvalue weighted by molar-refractivity contribution is 6.71. The fourth-order valence-electron chi connectivity index (χ4n) is 8.82. The van der Waals surface area contributed by atoms with E-state index >= 15 is 0 Å². The van der Waals surface area contributed by atoms with Crippen molar-refractivity contribution in [3.8, 4) is 22.3 Å². The van der Waals surface area contributed by atoms with Crippen molar-refractivity contribution in [1.82, 2.24) is 0 Å². The monoisotopic (exact) mass is 616 g/mol. The molecule has 1 aromatic heterocycles. The molecule has 0 aliphatic rings. The van der Waals surface area contributed by atoms with Gasteiger partial charge in [-0.2, -0.15) is 0 Å². The summed E-state index contributed by atoms with van der Waals surface area (Å²) in [5.74, 6) is 0. The van der Waals surface area contributed by atoms with Crippen LogP contribution in [-0.4, -0.2) is 62.8 Å². The Morgan fingerprint density at radius 3 is 1.47 bits per heavy atom. The predicted octanol–water partition coefficient (Wildman–Crippen LogP) is -2.40. The third kappa shape index (κ3) is 4.11. The fraction of sp³-hybridized carbons (Fsp3) is 0. The average Bonchev–Trinajstić information content (AvgIpc) is 3.52. The molecule has 0 fully saturated rings. The molecule has 0 aliphatic carbocycles. The van der Waals surface area contributed by atoms with E-state index in [0.717, 1.165) is 16.6 Å². The molecule has 9 heteroatoms. The molecule has 49 heavy (non-hydrogen) atoms. The summed E-state index contributed by atoms with van der Waals surface area (Å²) >= 11 is 0. The first-order valence-corrected chi connectivity index (χ1v) is 17.5. The lowest BCUT2D eigenvalue weighted by atomic mass is 9.59. The van der Waals surface area contributed by atoms with Crippen LogP contribution in [0.2, 0.25) is 0 Å². The molecule has 0 saturated carbocycles. The summed E-state index contributed by atoms with van der Waals surface area (Å²) < 4.78 is 6.50. The van der Waals surface area contributed by atoms with Gasteiger partial charge in [-0.05, 0) is 83.5 Å². The minimum Gasteiger partial charge on any atom is -0.456 e. The van der Waals surface area contributed by atoms with E-state index in [9.17, 15) is 0 Å². The number of hydrogen-bond acceptors (Lipinski definition) is 1. The maximum atomic E-state index is 6.50. The molecule has 8 aromatic carbocycles. The average molecular weight is 615 g/mol. The number of furan rings is 1. The largest absolute Gasteiger partial charge is 0.456 e. The molecule has 222 valence electrons. The van der Waals surface area contributed by atoms with Crippen molar-refractivity contribution in [2.45, 2.75) is 0 Å². The van der Waals surface area contributed by atoms with Gasteiger partial charge in [0, 0.05) is 10.8 Å². The molecule has 0 bridgehead atoms. The van der Waals surface area contributed by atoms with Crippen LogP contribution in [0.3, 0.4) is 0 Å². The first-order chi connectivity index (χ1) is 23.7. The molecule has 1 heterocycles. The maximum Gasteiger partial charge on any atom is 0.139 e. The molecular formula is C40H32B8O. The van der Waals surface area contributed by atoms with Gasteiger partial charge in [0.05, 0.1) is 0 Å². The molecular weight excluding hydrogens is 583 g/mol. The van der Waals surface area contributed by atoms with Gasteiger partial charge >= 0.3 is 0 Å². The Morgan fingerprint density at radius 1 is 0.347 bits per heavy atom. The van der Waals surface area contributed by atoms with Crippen LogP contribution in [0, 0.1) is 0 Å². The van der Waals surface area contributed by atoms with Crippen LogP contribution in [0.4, 0.5) is 0 Å². The van der Waals surface area contributed by atoms with Gasteiger partial charge in [-0.25, -0.2) is 0 Å².